The van der Waals surface area contributed by atoms with E-state index >= 15 is 0 Å². The second kappa shape index (κ2) is 8.74. The summed E-state index contributed by atoms with van der Waals surface area (Å²) in [6, 6.07) is 13.5. The van der Waals surface area contributed by atoms with E-state index in [0.717, 1.165) is 57.1 Å². The number of hydrogen-bond acceptors (Lipinski definition) is 5. The Morgan fingerprint density at radius 1 is 1.00 bits per heavy atom. The fraction of sp³-hybridized carbons (Fsp3) is 0.304. The van der Waals surface area contributed by atoms with Crippen LogP contribution in [0.1, 0.15) is 32.1 Å². The minimum Gasteiger partial charge on any atom is -0.337 e. The van der Waals surface area contributed by atoms with E-state index in [-0.39, 0.29) is 11.9 Å². The Kier molecular flexibility index (Phi) is 5.99. The van der Waals surface area contributed by atoms with Crippen molar-refractivity contribution in [2.45, 2.75) is 43.0 Å². The van der Waals surface area contributed by atoms with Gasteiger partial charge in [0.25, 0.3) is 5.91 Å². The molecular formula is C23H21Cl2N3OS2. The molecular weight excluding hydrogens is 469 g/mol. The van der Waals surface area contributed by atoms with Gasteiger partial charge in [-0.2, -0.15) is 0 Å². The van der Waals surface area contributed by atoms with Crippen LogP contribution in [0.4, 0.5) is 11.4 Å². The SMILES string of the molecule is CN1/C(=C2/SC(=Nc3cccc(Cl)c3)N(C3CCCCC3)C2=O)Sc2ccc(Cl)cc21. The van der Waals surface area contributed by atoms with Gasteiger partial charge in [-0.25, -0.2) is 4.99 Å². The number of rotatable bonds is 2. The van der Waals surface area contributed by atoms with Crippen LogP contribution in [0.2, 0.25) is 10.0 Å². The Labute approximate surface area is 200 Å². The molecule has 0 spiro atoms. The summed E-state index contributed by atoms with van der Waals surface area (Å²) < 4.78 is 0. The summed E-state index contributed by atoms with van der Waals surface area (Å²) in [7, 11) is 1.99. The first-order valence-corrected chi connectivity index (χ1v) is 12.7. The molecule has 8 heteroatoms. The minimum absolute atomic E-state index is 0.0472. The summed E-state index contributed by atoms with van der Waals surface area (Å²) in [6.07, 6.45) is 5.56. The van der Waals surface area contributed by atoms with E-state index in [0.29, 0.717) is 10.0 Å². The number of fused-ring (bicyclic) bond motifs is 1. The number of carbonyl (C=O) groups excluding carboxylic acids is 1. The fourth-order valence-corrected chi connectivity index (χ4v) is 6.96. The van der Waals surface area contributed by atoms with Crippen LogP contribution in [-0.2, 0) is 4.79 Å². The number of amidine groups is 1. The van der Waals surface area contributed by atoms with Crippen molar-refractivity contribution in [2.24, 2.45) is 4.99 Å². The van der Waals surface area contributed by atoms with E-state index in [1.54, 1.807) is 11.8 Å². The van der Waals surface area contributed by atoms with E-state index in [2.05, 4.69) is 4.90 Å². The number of amides is 1. The molecule has 0 bridgehead atoms. The fourth-order valence-electron chi connectivity index (χ4n) is 4.23. The molecule has 1 saturated heterocycles. The zero-order valence-corrected chi connectivity index (χ0v) is 20.1. The molecule has 160 valence electrons. The van der Waals surface area contributed by atoms with Crippen LogP contribution in [-0.4, -0.2) is 29.1 Å². The van der Waals surface area contributed by atoms with Crippen molar-refractivity contribution in [1.29, 1.82) is 0 Å². The van der Waals surface area contributed by atoms with Gasteiger partial charge in [-0.05, 0) is 61.0 Å². The molecule has 4 nitrogen and oxygen atoms in total. The highest BCUT2D eigenvalue weighted by atomic mass is 35.5. The molecule has 0 unspecified atom stereocenters. The van der Waals surface area contributed by atoms with Crippen LogP contribution in [0, 0.1) is 0 Å². The second-order valence-electron chi connectivity index (χ2n) is 7.85. The number of nitrogens with zero attached hydrogens (tertiary/aromatic N) is 3. The van der Waals surface area contributed by atoms with Crippen LogP contribution in [0.3, 0.4) is 0 Å². The molecule has 1 saturated carbocycles. The Morgan fingerprint density at radius 3 is 2.55 bits per heavy atom. The van der Waals surface area contributed by atoms with Gasteiger partial charge in [0.05, 0.1) is 16.4 Å². The molecule has 2 aromatic rings. The Morgan fingerprint density at radius 2 is 1.77 bits per heavy atom. The summed E-state index contributed by atoms with van der Waals surface area (Å²) >= 11 is 15.5. The van der Waals surface area contributed by atoms with E-state index in [1.165, 1.54) is 18.2 Å². The highest BCUT2D eigenvalue weighted by molar-refractivity contribution is 8.19. The van der Waals surface area contributed by atoms with E-state index in [1.807, 2.05) is 54.4 Å². The van der Waals surface area contributed by atoms with Crippen LogP contribution in [0.15, 0.2) is 62.3 Å². The molecule has 0 aromatic heterocycles. The molecule has 5 rings (SSSR count). The van der Waals surface area contributed by atoms with Crippen molar-refractivity contribution in [2.75, 3.05) is 11.9 Å². The van der Waals surface area contributed by atoms with Gasteiger partial charge in [-0.1, -0.05) is 60.3 Å². The van der Waals surface area contributed by atoms with Gasteiger partial charge in [0.1, 0.15) is 4.91 Å². The molecule has 3 aliphatic rings. The molecule has 2 aliphatic heterocycles. The van der Waals surface area contributed by atoms with Crippen molar-refractivity contribution in [3.63, 3.8) is 0 Å². The summed E-state index contributed by atoms with van der Waals surface area (Å²) in [6.45, 7) is 0. The van der Waals surface area contributed by atoms with E-state index in [9.17, 15) is 4.79 Å². The minimum atomic E-state index is 0.0472. The maximum atomic E-state index is 13.7. The Bertz CT molecular complexity index is 1110. The molecule has 1 amide bonds. The lowest BCUT2D eigenvalue weighted by Gasteiger charge is -2.30. The molecule has 1 aliphatic carbocycles. The second-order valence-corrected chi connectivity index (χ2v) is 10.7. The quantitative estimate of drug-likeness (QED) is 0.414. The van der Waals surface area contributed by atoms with Gasteiger partial charge < -0.3 is 4.90 Å². The standard InChI is InChI=1S/C23H21Cl2N3OS2/c1-27-18-13-15(25)10-11-19(18)30-22(27)20-21(29)28(17-8-3-2-4-9-17)23(31-20)26-16-7-5-6-14(24)12-16/h5-7,10-13,17H,2-4,8-9H2,1H3/b22-20-,26-23?. The van der Waals surface area contributed by atoms with Crippen LogP contribution in [0.25, 0.3) is 0 Å². The monoisotopic (exact) mass is 489 g/mol. The molecule has 31 heavy (non-hydrogen) atoms. The first kappa shape index (κ1) is 21.3. The number of carbonyl (C=O) groups is 1. The van der Waals surface area contributed by atoms with Gasteiger partial charge >= 0.3 is 0 Å². The van der Waals surface area contributed by atoms with Crippen LogP contribution in [0.5, 0.6) is 0 Å². The third-order valence-electron chi connectivity index (χ3n) is 5.77. The van der Waals surface area contributed by atoms with Gasteiger partial charge in [0.2, 0.25) is 0 Å². The normalized spacial score (nSPS) is 23.2. The lowest BCUT2D eigenvalue weighted by atomic mass is 9.94. The maximum absolute atomic E-state index is 13.7. The number of aliphatic imine (C=N–C) groups is 1. The van der Waals surface area contributed by atoms with Crippen molar-refractivity contribution >= 4 is 69.2 Å². The predicted molar refractivity (Wildman–Crippen MR) is 133 cm³/mol. The van der Waals surface area contributed by atoms with Gasteiger partial charge in [0.15, 0.2) is 5.17 Å². The lowest BCUT2D eigenvalue weighted by molar-refractivity contribution is -0.124. The predicted octanol–water partition coefficient (Wildman–Crippen LogP) is 7.30. The Hall–Kier alpha value is -1.60. The number of hydrogen-bond donors (Lipinski definition) is 0. The third kappa shape index (κ3) is 4.11. The van der Waals surface area contributed by atoms with Crippen molar-refractivity contribution in [3.05, 3.63) is 62.4 Å². The van der Waals surface area contributed by atoms with Crippen LogP contribution < -0.4 is 4.90 Å². The van der Waals surface area contributed by atoms with Crippen molar-refractivity contribution < 1.29 is 4.79 Å². The van der Waals surface area contributed by atoms with Gasteiger partial charge in [0, 0.05) is 28.0 Å². The average molecular weight is 490 g/mol. The zero-order valence-electron chi connectivity index (χ0n) is 17.0. The highest BCUT2D eigenvalue weighted by Gasteiger charge is 2.42. The maximum Gasteiger partial charge on any atom is 0.269 e. The third-order valence-corrected chi connectivity index (χ3v) is 8.65. The molecule has 0 radical (unpaired) electrons. The topological polar surface area (TPSA) is 35.9 Å². The first-order chi connectivity index (χ1) is 15.0. The summed E-state index contributed by atoms with van der Waals surface area (Å²) in [5, 5.41) is 3.00. The molecule has 0 atom stereocenters. The first-order valence-electron chi connectivity index (χ1n) is 10.3. The summed E-state index contributed by atoms with van der Waals surface area (Å²) in [5.41, 5.74) is 1.79. The smallest absolute Gasteiger partial charge is 0.269 e. The highest BCUT2D eigenvalue weighted by Crippen LogP contribution is 2.51. The van der Waals surface area contributed by atoms with Gasteiger partial charge in [-0.3, -0.25) is 9.69 Å². The van der Waals surface area contributed by atoms with Crippen molar-refractivity contribution in [3.8, 4) is 0 Å². The summed E-state index contributed by atoms with van der Waals surface area (Å²) in [5.74, 6) is 0.0472. The zero-order chi connectivity index (χ0) is 21.5. The van der Waals surface area contributed by atoms with E-state index in [4.69, 9.17) is 28.2 Å². The largest absolute Gasteiger partial charge is 0.337 e. The van der Waals surface area contributed by atoms with Gasteiger partial charge in [-0.15, -0.1) is 0 Å². The Balaban J connectivity index is 1.56. The van der Waals surface area contributed by atoms with Crippen molar-refractivity contribution in [1.82, 2.24) is 4.90 Å². The molecule has 0 N–H and O–H groups in total. The number of benzene rings is 2. The molecule has 2 heterocycles. The van der Waals surface area contributed by atoms with Crippen LogP contribution >= 0.6 is 46.7 Å². The lowest BCUT2D eigenvalue weighted by Crippen LogP contribution is -2.40. The average Bonchev–Trinajstić information content (AvgIpc) is 3.25. The number of thioether (sulfide) groups is 2. The number of halogens is 2. The summed E-state index contributed by atoms with van der Waals surface area (Å²) in [4.78, 5) is 24.4. The van der Waals surface area contributed by atoms with E-state index < -0.39 is 0 Å². The number of anilines is 1. The molecule has 2 fully saturated rings. The molecule has 2 aromatic carbocycles.